The van der Waals surface area contributed by atoms with Crippen LogP contribution in [0.1, 0.15) is 17.1 Å². The van der Waals surface area contributed by atoms with Crippen molar-refractivity contribution in [1.82, 2.24) is 20.1 Å². The van der Waals surface area contributed by atoms with Crippen molar-refractivity contribution in [3.63, 3.8) is 0 Å². The Morgan fingerprint density at radius 2 is 1.95 bits per heavy atom. The first kappa shape index (κ1) is 12.4. The minimum Gasteiger partial charge on any atom is -0.334 e. The number of rotatable bonds is 4. The van der Waals surface area contributed by atoms with E-state index in [9.17, 15) is 0 Å². The van der Waals surface area contributed by atoms with Gasteiger partial charge in [0.15, 0.2) is 5.82 Å². The number of nitrogens with zero attached hydrogens (tertiary/aromatic N) is 4. The lowest BCUT2D eigenvalue weighted by Gasteiger charge is -1.97. The van der Waals surface area contributed by atoms with E-state index in [1.807, 2.05) is 24.3 Å². The van der Waals surface area contributed by atoms with E-state index in [4.69, 9.17) is 10.3 Å². The Kier molecular flexibility index (Phi) is 3.47. The van der Waals surface area contributed by atoms with Gasteiger partial charge in [-0.2, -0.15) is 4.98 Å². The number of pyridine rings is 2. The second-order valence-corrected chi connectivity index (χ2v) is 4.29. The monoisotopic (exact) mass is 267 g/mol. The summed E-state index contributed by atoms with van der Waals surface area (Å²) < 4.78 is 5.28. The van der Waals surface area contributed by atoms with E-state index in [0.29, 0.717) is 24.7 Å². The molecule has 0 aliphatic carbocycles. The second-order valence-electron chi connectivity index (χ2n) is 4.29. The zero-order chi connectivity index (χ0) is 13.8. The molecule has 0 amide bonds. The van der Waals surface area contributed by atoms with Crippen LogP contribution in [0.5, 0.6) is 0 Å². The molecule has 0 spiro atoms. The number of hydrogen-bond acceptors (Lipinski definition) is 6. The summed E-state index contributed by atoms with van der Waals surface area (Å²) in [5, 5.41) is 3.99. The van der Waals surface area contributed by atoms with Crippen molar-refractivity contribution >= 4 is 0 Å². The van der Waals surface area contributed by atoms with E-state index >= 15 is 0 Å². The molecule has 0 saturated carbocycles. The largest absolute Gasteiger partial charge is 0.334 e. The fraction of sp³-hybridized carbons (Fsp3) is 0.143. The highest BCUT2D eigenvalue weighted by Gasteiger charge is 2.10. The van der Waals surface area contributed by atoms with Gasteiger partial charge in [-0.3, -0.25) is 9.97 Å². The summed E-state index contributed by atoms with van der Waals surface area (Å²) in [6.07, 6.45) is 5.78. The third-order valence-corrected chi connectivity index (χ3v) is 2.85. The first-order chi connectivity index (χ1) is 9.85. The lowest BCUT2D eigenvalue weighted by atomic mass is 10.2. The van der Waals surface area contributed by atoms with Crippen LogP contribution in [0.2, 0.25) is 0 Å². The van der Waals surface area contributed by atoms with Crippen LogP contribution in [-0.2, 0) is 13.0 Å². The molecule has 0 atom stereocenters. The minimum absolute atomic E-state index is 0.381. The zero-order valence-electron chi connectivity index (χ0n) is 10.7. The van der Waals surface area contributed by atoms with Gasteiger partial charge in [-0.25, -0.2) is 0 Å². The van der Waals surface area contributed by atoms with Crippen LogP contribution in [0, 0.1) is 0 Å². The average Bonchev–Trinajstić information content (AvgIpc) is 2.97. The van der Waals surface area contributed by atoms with Gasteiger partial charge in [-0.1, -0.05) is 5.16 Å². The standard InChI is InChI=1S/C14H13N5O/c15-9-12-8-11(3-6-17-12)14-18-13(19-20-14)7-10-1-4-16-5-2-10/h1-6,8H,7,9,15H2. The highest BCUT2D eigenvalue weighted by molar-refractivity contribution is 5.52. The van der Waals surface area contributed by atoms with Crippen molar-refractivity contribution in [2.24, 2.45) is 5.73 Å². The molecular formula is C14H13N5O. The van der Waals surface area contributed by atoms with Crippen molar-refractivity contribution in [2.75, 3.05) is 0 Å². The van der Waals surface area contributed by atoms with Crippen molar-refractivity contribution in [1.29, 1.82) is 0 Å². The van der Waals surface area contributed by atoms with Gasteiger partial charge in [0.1, 0.15) is 0 Å². The van der Waals surface area contributed by atoms with Crippen LogP contribution < -0.4 is 5.73 Å². The maximum atomic E-state index is 5.57. The maximum absolute atomic E-state index is 5.57. The van der Waals surface area contributed by atoms with Gasteiger partial charge in [0.05, 0.1) is 5.69 Å². The summed E-state index contributed by atoms with van der Waals surface area (Å²) in [5.74, 6) is 1.11. The van der Waals surface area contributed by atoms with Gasteiger partial charge >= 0.3 is 0 Å². The highest BCUT2D eigenvalue weighted by Crippen LogP contribution is 2.18. The third kappa shape index (κ3) is 2.70. The molecule has 3 aromatic rings. The smallest absolute Gasteiger partial charge is 0.258 e. The first-order valence-corrected chi connectivity index (χ1v) is 6.22. The van der Waals surface area contributed by atoms with E-state index in [0.717, 1.165) is 16.8 Å². The van der Waals surface area contributed by atoms with Crippen molar-refractivity contribution < 1.29 is 4.52 Å². The lowest BCUT2D eigenvalue weighted by Crippen LogP contribution is -1.99. The molecule has 0 aromatic carbocycles. The molecule has 3 aromatic heterocycles. The Morgan fingerprint density at radius 3 is 2.75 bits per heavy atom. The SMILES string of the molecule is NCc1cc(-c2nc(Cc3ccncc3)no2)ccn1. The maximum Gasteiger partial charge on any atom is 0.258 e. The lowest BCUT2D eigenvalue weighted by molar-refractivity contribution is 0.424. The van der Waals surface area contributed by atoms with E-state index in [1.54, 1.807) is 18.6 Å². The Morgan fingerprint density at radius 1 is 1.10 bits per heavy atom. The summed E-state index contributed by atoms with van der Waals surface area (Å²) in [6.45, 7) is 0.381. The molecule has 2 N–H and O–H groups in total. The first-order valence-electron chi connectivity index (χ1n) is 6.22. The Bertz CT molecular complexity index is 696. The predicted octanol–water partition coefficient (Wildman–Crippen LogP) is 1.58. The fourth-order valence-corrected chi connectivity index (χ4v) is 1.85. The molecule has 6 heteroatoms. The van der Waals surface area contributed by atoms with Gasteiger partial charge in [-0.05, 0) is 29.8 Å². The minimum atomic E-state index is 0.381. The van der Waals surface area contributed by atoms with Gasteiger partial charge in [0.2, 0.25) is 0 Å². The average molecular weight is 267 g/mol. The summed E-state index contributed by atoms with van der Waals surface area (Å²) in [7, 11) is 0. The molecule has 100 valence electrons. The van der Waals surface area contributed by atoms with Gasteiger partial charge in [0.25, 0.3) is 5.89 Å². The van der Waals surface area contributed by atoms with E-state index in [-0.39, 0.29) is 0 Å². The molecule has 0 aliphatic heterocycles. The summed E-state index contributed by atoms with van der Waals surface area (Å²) in [4.78, 5) is 12.5. The molecule has 3 rings (SSSR count). The van der Waals surface area contributed by atoms with Crippen LogP contribution in [-0.4, -0.2) is 20.1 Å². The van der Waals surface area contributed by atoms with Crippen LogP contribution >= 0.6 is 0 Å². The molecule has 0 aliphatic rings. The summed E-state index contributed by atoms with van der Waals surface area (Å²) in [6, 6.07) is 7.52. The van der Waals surface area contributed by atoms with E-state index in [1.165, 1.54) is 0 Å². The number of hydrogen-bond donors (Lipinski definition) is 1. The van der Waals surface area contributed by atoms with Crippen LogP contribution in [0.3, 0.4) is 0 Å². The number of nitrogens with two attached hydrogens (primary N) is 1. The Hall–Kier alpha value is -2.60. The van der Waals surface area contributed by atoms with E-state index in [2.05, 4.69) is 20.1 Å². The van der Waals surface area contributed by atoms with Crippen LogP contribution in [0.4, 0.5) is 0 Å². The van der Waals surface area contributed by atoms with Crippen LogP contribution in [0.25, 0.3) is 11.5 Å². The molecule has 0 bridgehead atoms. The molecule has 0 fully saturated rings. The molecule has 3 heterocycles. The normalized spacial score (nSPS) is 10.7. The summed E-state index contributed by atoms with van der Waals surface area (Å²) >= 11 is 0. The molecule has 6 nitrogen and oxygen atoms in total. The van der Waals surface area contributed by atoms with Gasteiger partial charge < -0.3 is 10.3 Å². The molecular weight excluding hydrogens is 254 g/mol. The Balaban J connectivity index is 1.83. The molecule has 20 heavy (non-hydrogen) atoms. The van der Waals surface area contributed by atoms with Crippen molar-refractivity contribution in [3.05, 3.63) is 59.9 Å². The topological polar surface area (TPSA) is 90.7 Å². The molecule has 0 saturated heterocycles. The summed E-state index contributed by atoms with van der Waals surface area (Å²) in [5.41, 5.74) is 8.27. The fourth-order valence-electron chi connectivity index (χ4n) is 1.85. The third-order valence-electron chi connectivity index (χ3n) is 2.85. The zero-order valence-corrected chi connectivity index (χ0v) is 10.7. The molecule has 0 radical (unpaired) electrons. The second kappa shape index (κ2) is 5.58. The highest BCUT2D eigenvalue weighted by atomic mass is 16.5. The van der Waals surface area contributed by atoms with Crippen molar-refractivity contribution in [2.45, 2.75) is 13.0 Å². The van der Waals surface area contributed by atoms with Gasteiger partial charge in [0, 0.05) is 37.1 Å². The Labute approximate surface area is 115 Å². The molecule has 0 unspecified atom stereocenters. The van der Waals surface area contributed by atoms with Gasteiger partial charge in [-0.15, -0.1) is 0 Å². The van der Waals surface area contributed by atoms with E-state index < -0.39 is 0 Å². The van der Waals surface area contributed by atoms with Crippen molar-refractivity contribution in [3.8, 4) is 11.5 Å². The van der Waals surface area contributed by atoms with Crippen LogP contribution in [0.15, 0.2) is 47.4 Å². The number of aromatic nitrogens is 4. The quantitative estimate of drug-likeness (QED) is 0.771. The predicted molar refractivity (Wildman–Crippen MR) is 72.5 cm³/mol.